The van der Waals surface area contributed by atoms with Crippen molar-refractivity contribution in [2.45, 2.75) is 90.9 Å². The molecule has 0 aliphatic carbocycles. The molecule has 0 saturated carbocycles. The highest BCUT2D eigenvalue weighted by Crippen LogP contribution is 2.28. The van der Waals surface area contributed by atoms with Gasteiger partial charge in [-0.25, -0.2) is 4.79 Å². The fourth-order valence-corrected chi connectivity index (χ4v) is 4.18. The second-order valence-electron chi connectivity index (χ2n) is 8.50. The number of carboxylic acid groups (broad SMARTS) is 1. The Morgan fingerprint density at radius 1 is 0.806 bits per heavy atom. The molecule has 0 fully saturated rings. The number of carboxylic acids is 1. The van der Waals surface area contributed by atoms with Gasteiger partial charge in [0.05, 0.1) is 11.1 Å². The number of carbonyl (C=O) groups is 2. The van der Waals surface area contributed by atoms with Gasteiger partial charge in [0, 0.05) is 11.9 Å². The van der Waals surface area contributed by atoms with Gasteiger partial charge in [-0.15, -0.1) is 0 Å². The van der Waals surface area contributed by atoms with Crippen molar-refractivity contribution >= 4 is 22.6 Å². The first-order chi connectivity index (χ1) is 15.1. The van der Waals surface area contributed by atoms with Crippen molar-refractivity contribution in [1.29, 1.82) is 0 Å². The highest BCUT2D eigenvalue weighted by molar-refractivity contribution is 6.15. The first-order valence-electron chi connectivity index (χ1n) is 12.2. The number of amides is 1. The van der Waals surface area contributed by atoms with E-state index in [2.05, 4.69) is 19.2 Å². The van der Waals surface area contributed by atoms with Crippen LogP contribution in [-0.2, 0) is 6.42 Å². The number of hydrogen-bond donors (Lipinski definition) is 2. The molecule has 0 aliphatic heterocycles. The van der Waals surface area contributed by atoms with E-state index in [4.69, 9.17) is 0 Å². The first-order valence-corrected chi connectivity index (χ1v) is 12.2. The summed E-state index contributed by atoms with van der Waals surface area (Å²) in [6.45, 7) is 5.03. The highest BCUT2D eigenvalue weighted by Gasteiger charge is 2.20. The summed E-state index contributed by atoms with van der Waals surface area (Å²) < 4.78 is 0. The zero-order chi connectivity index (χ0) is 22.5. The fraction of sp³-hybridized carbons (Fsp3) is 0.556. The summed E-state index contributed by atoms with van der Waals surface area (Å²) in [6.07, 6.45) is 13.6. The van der Waals surface area contributed by atoms with Crippen LogP contribution in [0.5, 0.6) is 0 Å². The molecule has 0 atom stereocenters. The van der Waals surface area contributed by atoms with E-state index in [1.807, 2.05) is 18.2 Å². The summed E-state index contributed by atoms with van der Waals surface area (Å²) in [5.74, 6) is -1.13. The van der Waals surface area contributed by atoms with E-state index in [-0.39, 0.29) is 11.5 Å². The van der Waals surface area contributed by atoms with Gasteiger partial charge in [0.15, 0.2) is 0 Å². The Morgan fingerprint density at radius 2 is 1.45 bits per heavy atom. The van der Waals surface area contributed by atoms with Crippen molar-refractivity contribution in [2.75, 3.05) is 6.54 Å². The largest absolute Gasteiger partial charge is 0.478 e. The van der Waals surface area contributed by atoms with Crippen molar-refractivity contribution in [2.24, 2.45) is 0 Å². The number of rotatable bonds is 15. The normalized spacial score (nSPS) is 11.0. The van der Waals surface area contributed by atoms with Crippen LogP contribution in [0.2, 0.25) is 0 Å². The molecule has 31 heavy (non-hydrogen) atoms. The fourth-order valence-electron chi connectivity index (χ4n) is 4.18. The summed E-state index contributed by atoms with van der Waals surface area (Å²) in [5, 5.41) is 14.2. The second kappa shape index (κ2) is 13.8. The minimum atomic E-state index is -0.990. The molecule has 170 valence electrons. The van der Waals surface area contributed by atoms with Crippen molar-refractivity contribution in [3.8, 4) is 0 Å². The van der Waals surface area contributed by atoms with E-state index in [1.165, 1.54) is 44.9 Å². The third-order valence-corrected chi connectivity index (χ3v) is 5.95. The van der Waals surface area contributed by atoms with Crippen molar-refractivity contribution in [1.82, 2.24) is 5.32 Å². The smallest absolute Gasteiger partial charge is 0.336 e. The van der Waals surface area contributed by atoms with Gasteiger partial charge in [-0.05, 0) is 36.3 Å². The van der Waals surface area contributed by atoms with E-state index in [1.54, 1.807) is 12.1 Å². The molecule has 4 nitrogen and oxygen atoms in total. The SMILES string of the molecule is CCCCCCCCc1ccc2cccc(C(=O)O)c2c1C(=O)NCCCCCCC. The van der Waals surface area contributed by atoms with Gasteiger partial charge >= 0.3 is 5.97 Å². The minimum Gasteiger partial charge on any atom is -0.478 e. The number of aromatic carboxylic acids is 1. The van der Waals surface area contributed by atoms with Crippen LogP contribution in [0.3, 0.4) is 0 Å². The zero-order valence-electron chi connectivity index (χ0n) is 19.3. The number of nitrogens with one attached hydrogen (secondary N) is 1. The Balaban J connectivity index is 2.21. The van der Waals surface area contributed by atoms with E-state index in [0.29, 0.717) is 17.5 Å². The van der Waals surface area contributed by atoms with Crippen LogP contribution in [0.1, 0.15) is 111 Å². The number of fused-ring (bicyclic) bond motifs is 1. The maximum Gasteiger partial charge on any atom is 0.336 e. The molecule has 0 spiro atoms. The summed E-state index contributed by atoms with van der Waals surface area (Å²) in [7, 11) is 0. The van der Waals surface area contributed by atoms with Crippen LogP contribution < -0.4 is 5.32 Å². The van der Waals surface area contributed by atoms with Crippen LogP contribution in [0.15, 0.2) is 30.3 Å². The molecule has 0 aromatic heterocycles. The molecule has 0 unspecified atom stereocenters. The maximum atomic E-state index is 13.2. The topological polar surface area (TPSA) is 66.4 Å². The van der Waals surface area contributed by atoms with Gasteiger partial charge < -0.3 is 10.4 Å². The van der Waals surface area contributed by atoms with Gasteiger partial charge in [-0.2, -0.15) is 0 Å². The van der Waals surface area contributed by atoms with Gasteiger partial charge in [0.1, 0.15) is 0 Å². The molecule has 0 bridgehead atoms. The Morgan fingerprint density at radius 3 is 2.13 bits per heavy atom. The van der Waals surface area contributed by atoms with Gasteiger partial charge in [-0.1, -0.05) is 95.9 Å². The van der Waals surface area contributed by atoms with Crippen LogP contribution in [-0.4, -0.2) is 23.5 Å². The zero-order valence-corrected chi connectivity index (χ0v) is 19.3. The van der Waals surface area contributed by atoms with Crippen molar-refractivity contribution in [3.05, 3.63) is 47.0 Å². The predicted molar refractivity (Wildman–Crippen MR) is 129 cm³/mol. The van der Waals surface area contributed by atoms with E-state index < -0.39 is 5.97 Å². The van der Waals surface area contributed by atoms with E-state index >= 15 is 0 Å². The average molecular weight is 426 g/mol. The lowest BCUT2D eigenvalue weighted by Crippen LogP contribution is -2.26. The Hall–Kier alpha value is -2.36. The highest BCUT2D eigenvalue weighted by atomic mass is 16.4. The molecule has 2 aromatic rings. The monoisotopic (exact) mass is 425 g/mol. The molecule has 4 heteroatoms. The van der Waals surface area contributed by atoms with E-state index in [0.717, 1.165) is 43.1 Å². The molecular weight excluding hydrogens is 386 g/mol. The first kappa shape index (κ1) is 24.9. The van der Waals surface area contributed by atoms with Gasteiger partial charge in [-0.3, -0.25) is 4.79 Å². The third-order valence-electron chi connectivity index (χ3n) is 5.95. The van der Waals surface area contributed by atoms with Crippen LogP contribution >= 0.6 is 0 Å². The molecular formula is C27H39NO3. The minimum absolute atomic E-state index is 0.143. The molecule has 0 aliphatic rings. The Labute approximate surface area is 187 Å². The number of benzene rings is 2. The predicted octanol–water partition coefficient (Wildman–Crippen LogP) is 7.14. The van der Waals surface area contributed by atoms with E-state index in [9.17, 15) is 14.7 Å². The quantitative estimate of drug-likeness (QED) is 0.298. The maximum absolute atomic E-state index is 13.2. The lowest BCUT2D eigenvalue weighted by Gasteiger charge is -2.15. The summed E-state index contributed by atoms with van der Waals surface area (Å²) in [5.41, 5.74) is 1.72. The Bertz CT molecular complexity index is 844. The molecule has 2 rings (SSSR count). The number of aryl methyl sites for hydroxylation is 1. The molecule has 2 aromatic carbocycles. The van der Waals surface area contributed by atoms with Crippen molar-refractivity contribution < 1.29 is 14.7 Å². The average Bonchev–Trinajstić information content (AvgIpc) is 2.77. The number of unbranched alkanes of at least 4 members (excludes halogenated alkanes) is 9. The summed E-state index contributed by atoms with van der Waals surface area (Å²) in [6, 6.07) is 9.19. The molecule has 0 saturated heterocycles. The standard InChI is InChI=1S/C27H39NO3/c1-3-5-7-9-10-12-15-22-19-18-21-16-14-17-23(27(30)31)24(21)25(22)26(29)28-20-13-11-8-6-4-2/h14,16-19H,3-13,15,20H2,1-2H3,(H,28,29)(H,30,31). The van der Waals surface area contributed by atoms with Crippen LogP contribution in [0.25, 0.3) is 10.8 Å². The lowest BCUT2D eigenvalue weighted by molar-refractivity contribution is 0.0699. The third kappa shape index (κ3) is 7.68. The second-order valence-corrected chi connectivity index (χ2v) is 8.50. The molecule has 2 N–H and O–H groups in total. The summed E-state index contributed by atoms with van der Waals surface area (Å²) in [4.78, 5) is 25.1. The number of carbonyl (C=O) groups excluding carboxylic acids is 1. The van der Waals surface area contributed by atoms with Gasteiger partial charge in [0.25, 0.3) is 5.91 Å². The van der Waals surface area contributed by atoms with Crippen molar-refractivity contribution in [3.63, 3.8) is 0 Å². The van der Waals surface area contributed by atoms with Gasteiger partial charge in [0.2, 0.25) is 0 Å². The van der Waals surface area contributed by atoms with Crippen LogP contribution in [0.4, 0.5) is 0 Å². The lowest BCUT2D eigenvalue weighted by atomic mass is 9.91. The number of hydrogen-bond acceptors (Lipinski definition) is 2. The molecule has 1 amide bonds. The molecule has 0 radical (unpaired) electrons. The van der Waals surface area contributed by atoms with Crippen LogP contribution in [0, 0.1) is 0 Å². The molecule has 0 heterocycles. The Kier molecular flexibility index (Phi) is 11.1. The summed E-state index contributed by atoms with van der Waals surface area (Å²) >= 11 is 0.